The molecule has 2 aromatic carbocycles. The number of hydrogen-bond donors (Lipinski definition) is 1. The molecule has 0 aliphatic carbocycles. The number of carbonyl (C=O) groups is 2. The van der Waals surface area contributed by atoms with Gasteiger partial charge in [-0.25, -0.2) is 12.7 Å². The second-order valence-electron chi connectivity index (χ2n) is 6.22. The number of methoxy groups -OCH3 is 2. The first-order valence-electron chi connectivity index (χ1n) is 8.47. The van der Waals surface area contributed by atoms with E-state index in [0.717, 1.165) is 5.56 Å². The van der Waals surface area contributed by atoms with Gasteiger partial charge >= 0.3 is 0 Å². The summed E-state index contributed by atoms with van der Waals surface area (Å²) >= 11 is 0. The van der Waals surface area contributed by atoms with Crippen molar-refractivity contribution >= 4 is 21.8 Å². The van der Waals surface area contributed by atoms with Gasteiger partial charge in [-0.1, -0.05) is 18.2 Å². The predicted molar refractivity (Wildman–Crippen MR) is 101 cm³/mol. The van der Waals surface area contributed by atoms with Crippen LogP contribution >= 0.6 is 0 Å². The first-order valence-corrected chi connectivity index (χ1v) is 9.91. The highest BCUT2D eigenvalue weighted by Crippen LogP contribution is 2.31. The number of carbonyl (C=O) groups excluding carboxylic acids is 2. The van der Waals surface area contributed by atoms with Crippen molar-refractivity contribution in [2.75, 3.05) is 20.8 Å². The Morgan fingerprint density at radius 3 is 2.43 bits per heavy atom. The SMILES string of the molecule is COc1ccc(C(C)NC(=O)CN2C(=O)c3ccccc3S2(=O)=O)cc1OC. The van der Waals surface area contributed by atoms with E-state index in [1.807, 2.05) is 0 Å². The Balaban J connectivity index is 1.74. The molecule has 148 valence electrons. The average Bonchev–Trinajstić information content (AvgIpc) is 2.88. The molecular weight excluding hydrogens is 384 g/mol. The van der Waals surface area contributed by atoms with Gasteiger partial charge in [0.05, 0.1) is 25.8 Å². The first-order chi connectivity index (χ1) is 13.3. The zero-order valence-electron chi connectivity index (χ0n) is 15.6. The molecule has 8 nitrogen and oxygen atoms in total. The van der Waals surface area contributed by atoms with Gasteiger partial charge in [0.2, 0.25) is 5.91 Å². The highest BCUT2D eigenvalue weighted by molar-refractivity contribution is 7.90. The van der Waals surface area contributed by atoms with Gasteiger partial charge in [0, 0.05) is 0 Å². The molecule has 9 heteroatoms. The molecule has 3 rings (SSSR count). The zero-order chi connectivity index (χ0) is 20.5. The summed E-state index contributed by atoms with van der Waals surface area (Å²) in [4.78, 5) is 24.7. The lowest BCUT2D eigenvalue weighted by molar-refractivity contribution is -0.121. The summed E-state index contributed by atoms with van der Waals surface area (Å²) in [6, 6.07) is 10.7. The van der Waals surface area contributed by atoms with Gasteiger partial charge in [-0.2, -0.15) is 0 Å². The van der Waals surface area contributed by atoms with Crippen LogP contribution in [0.3, 0.4) is 0 Å². The van der Waals surface area contributed by atoms with E-state index >= 15 is 0 Å². The number of benzene rings is 2. The summed E-state index contributed by atoms with van der Waals surface area (Å²) < 4.78 is 36.1. The Morgan fingerprint density at radius 2 is 1.79 bits per heavy atom. The minimum Gasteiger partial charge on any atom is -0.493 e. The minimum absolute atomic E-state index is 0.0724. The molecule has 1 N–H and O–H groups in total. The van der Waals surface area contributed by atoms with Gasteiger partial charge in [0.25, 0.3) is 15.9 Å². The highest BCUT2D eigenvalue weighted by atomic mass is 32.2. The van der Waals surface area contributed by atoms with Crippen LogP contribution < -0.4 is 14.8 Å². The van der Waals surface area contributed by atoms with E-state index in [1.165, 1.54) is 32.4 Å². The Bertz CT molecular complexity index is 1030. The summed E-state index contributed by atoms with van der Waals surface area (Å²) in [6.45, 7) is 1.15. The molecule has 1 atom stereocenters. The van der Waals surface area contributed by atoms with E-state index in [1.54, 1.807) is 31.2 Å². The van der Waals surface area contributed by atoms with E-state index in [2.05, 4.69) is 5.32 Å². The quantitative estimate of drug-likeness (QED) is 0.787. The number of nitrogens with one attached hydrogen (secondary N) is 1. The number of hydrogen-bond acceptors (Lipinski definition) is 6. The van der Waals surface area contributed by atoms with Gasteiger partial charge in [-0.05, 0) is 36.8 Å². The molecule has 0 saturated carbocycles. The number of amides is 2. The van der Waals surface area contributed by atoms with Crippen LogP contribution in [0.5, 0.6) is 11.5 Å². The van der Waals surface area contributed by atoms with Crippen LogP contribution in [0, 0.1) is 0 Å². The number of sulfonamides is 1. The van der Waals surface area contributed by atoms with Crippen molar-refractivity contribution < 1.29 is 27.5 Å². The van der Waals surface area contributed by atoms with Crippen LogP contribution in [0.2, 0.25) is 0 Å². The Kier molecular flexibility index (Phi) is 5.28. The maximum atomic E-state index is 12.5. The van der Waals surface area contributed by atoms with Gasteiger partial charge < -0.3 is 14.8 Å². The van der Waals surface area contributed by atoms with E-state index < -0.39 is 34.4 Å². The molecule has 0 bridgehead atoms. The van der Waals surface area contributed by atoms with Gasteiger partial charge in [-0.15, -0.1) is 0 Å². The third-order valence-electron chi connectivity index (χ3n) is 4.48. The standard InChI is InChI=1S/C19H20N2O6S/c1-12(13-8-9-15(26-2)16(10-13)27-3)20-18(22)11-21-19(23)14-6-4-5-7-17(14)28(21,24)25/h4-10,12H,11H2,1-3H3,(H,20,22). The fourth-order valence-corrected chi connectivity index (χ4v) is 4.54. The third kappa shape index (κ3) is 3.40. The van der Waals surface area contributed by atoms with Crippen LogP contribution in [0.15, 0.2) is 47.4 Å². The summed E-state index contributed by atoms with van der Waals surface area (Å²) in [7, 11) is -0.996. The van der Waals surface area contributed by atoms with Gasteiger partial charge in [-0.3, -0.25) is 9.59 Å². The van der Waals surface area contributed by atoms with Crippen molar-refractivity contribution in [3.05, 3.63) is 53.6 Å². The maximum Gasteiger partial charge on any atom is 0.269 e. The van der Waals surface area contributed by atoms with Gasteiger partial charge in [0.15, 0.2) is 11.5 Å². The van der Waals surface area contributed by atoms with E-state index in [-0.39, 0.29) is 10.5 Å². The monoisotopic (exact) mass is 404 g/mol. The number of nitrogens with zero attached hydrogens (tertiary/aromatic N) is 1. The minimum atomic E-state index is -4.02. The zero-order valence-corrected chi connectivity index (χ0v) is 16.4. The van der Waals surface area contributed by atoms with Crippen LogP contribution in [-0.2, 0) is 14.8 Å². The highest BCUT2D eigenvalue weighted by Gasteiger charge is 2.41. The topological polar surface area (TPSA) is 102 Å². The normalized spacial score (nSPS) is 15.7. The number of fused-ring (bicyclic) bond motifs is 1. The molecule has 1 heterocycles. The van der Waals surface area contributed by atoms with Crippen molar-refractivity contribution in [2.45, 2.75) is 17.9 Å². The van der Waals surface area contributed by atoms with E-state index in [9.17, 15) is 18.0 Å². The summed E-state index contributed by atoms with van der Waals surface area (Å²) in [5, 5.41) is 2.70. The largest absolute Gasteiger partial charge is 0.493 e. The van der Waals surface area contributed by atoms with Crippen LogP contribution in [0.1, 0.15) is 28.9 Å². The van der Waals surface area contributed by atoms with Crippen molar-refractivity contribution in [1.29, 1.82) is 0 Å². The van der Waals surface area contributed by atoms with Crippen molar-refractivity contribution in [3.8, 4) is 11.5 Å². The maximum absolute atomic E-state index is 12.5. The molecular formula is C19H20N2O6S. The van der Waals surface area contributed by atoms with Crippen molar-refractivity contribution in [2.24, 2.45) is 0 Å². The summed E-state index contributed by atoms with van der Waals surface area (Å²) in [5.74, 6) is -0.235. The molecule has 2 amide bonds. The second kappa shape index (κ2) is 7.51. The molecule has 2 aromatic rings. The first kappa shape index (κ1) is 19.7. The molecule has 0 spiro atoms. The molecule has 1 unspecified atom stereocenters. The number of ether oxygens (including phenoxy) is 2. The second-order valence-corrected chi connectivity index (χ2v) is 8.05. The summed E-state index contributed by atoms with van der Waals surface area (Å²) in [5.41, 5.74) is 0.813. The lowest BCUT2D eigenvalue weighted by Gasteiger charge is -2.19. The van der Waals surface area contributed by atoms with Crippen molar-refractivity contribution in [3.63, 3.8) is 0 Å². The Hall–Kier alpha value is -3.07. The lowest BCUT2D eigenvalue weighted by Crippen LogP contribution is -2.41. The Labute approximate surface area is 163 Å². The molecule has 1 aliphatic rings. The molecule has 1 aliphatic heterocycles. The molecule has 0 saturated heterocycles. The van der Waals surface area contributed by atoms with Crippen LogP contribution in [0.25, 0.3) is 0 Å². The number of rotatable bonds is 6. The Morgan fingerprint density at radius 1 is 1.11 bits per heavy atom. The molecule has 0 aromatic heterocycles. The lowest BCUT2D eigenvalue weighted by atomic mass is 10.1. The smallest absolute Gasteiger partial charge is 0.269 e. The van der Waals surface area contributed by atoms with Crippen LogP contribution in [0.4, 0.5) is 0 Å². The van der Waals surface area contributed by atoms with E-state index in [4.69, 9.17) is 9.47 Å². The third-order valence-corrected chi connectivity index (χ3v) is 6.27. The van der Waals surface area contributed by atoms with E-state index in [0.29, 0.717) is 15.8 Å². The summed E-state index contributed by atoms with van der Waals surface area (Å²) in [6.07, 6.45) is 0. The predicted octanol–water partition coefficient (Wildman–Crippen LogP) is 1.73. The van der Waals surface area contributed by atoms with Crippen LogP contribution in [-0.4, -0.2) is 45.3 Å². The fourth-order valence-electron chi connectivity index (χ4n) is 3.01. The van der Waals surface area contributed by atoms with Crippen molar-refractivity contribution in [1.82, 2.24) is 9.62 Å². The molecule has 0 fully saturated rings. The fraction of sp³-hybridized carbons (Fsp3) is 0.263. The molecule has 28 heavy (non-hydrogen) atoms. The van der Waals surface area contributed by atoms with Gasteiger partial charge in [0.1, 0.15) is 11.4 Å². The average molecular weight is 404 g/mol. The molecule has 0 radical (unpaired) electrons.